The molecule has 2 aliphatic heterocycles. The van der Waals surface area contributed by atoms with Crippen molar-refractivity contribution in [3.8, 4) is 0 Å². The van der Waals surface area contributed by atoms with Gasteiger partial charge in [-0.3, -0.25) is 4.79 Å². The monoisotopic (exact) mass is 352 g/mol. The minimum Gasteiger partial charge on any atom is -0.353 e. The first-order chi connectivity index (χ1) is 9.84. The van der Waals surface area contributed by atoms with E-state index in [0.717, 1.165) is 42.3 Å². The van der Waals surface area contributed by atoms with Crippen molar-refractivity contribution in [3.63, 3.8) is 0 Å². The minimum atomic E-state index is -0.0797. The molecule has 6 heteroatoms. The zero-order valence-corrected chi connectivity index (χ0v) is 14.4. The molecule has 3 heterocycles. The second-order valence-corrected chi connectivity index (χ2v) is 7.66. The maximum Gasteiger partial charge on any atom is 0.223 e. The predicted molar refractivity (Wildman–Crippen MR) is 85.4 cm³/mol. The molecule has 0 radical (unpaired) electrons. The lowest BCUT2D eigenvalue weighted by Crippen LogP contribution is -2.51. The highest BCUT2D eigenvalue weighted by Crippen LogP contribution is 2.28. The van der Waals surface area contributed by atoms with Gasteiger partial charge in [0.05, 0.1) is 0 Å². The van der Waals surface area contributed by atoms with Crippen LogP contribution in [0.5, 0.6) is 0 Å². The van der Waals surface area contributed by atoms with E-state index in [4.69, 9.17) is 4.98 Å². The number of rotatable bonds is 1. The molecule has 0 N–H and O–H groups in total. The van der Waals surface area contributed by atoms with Gasteiger partial charge in [-0.1, -0.05) is 20.8 Å². The van der Waals surface area contributed by atoms with Gasteiger partial charge in [-0.25, -0.2) is 9.97 Å². The summed E-state index contributed by atoms with van der Waals surface area (Å²) in [4.78, 5) is 25.3. The number of fused-ring (bicyclic) bond motifs is 1. The molecular weight excluding hydrogens is 332 g/mol. The second-order valence-electron chi connectivity index (χ2n) is 6.85. The summed E-state index contributed by atoms with van der Waals surface area (Å²) in [7, 11) is 0. The van der Waals surface area contributed by atoms with Gasteiger partial charge >= 0.3 is 0 Å². The summed E-state index contributed by atoms with van der Waals surface area (Å²) in [5, 5.41) is 0. The number of hydrogen-bond acceptors (Lipinski definition) is 4. The van der Waals surface area contributed by atoms with Crippen molar-refractivity contribution >= 4 is 27.7 Å². The molecule has 0 saturated carbocycles. The number of halogens is 1. The van der Waals surface area contributed by atoms with Crippen LogP contribution in [0.2, 0.25) is 0 Å². The fourth-order valence-corrected chi connectivity index (χ4v) is 3.35. The van der Waals surface area contributed by atoms with Crippen LogP contribution in [0.4, 0.5) is 5.82 Å². The Hall–Kier alpha value is -1.17. The van der Waals surface area contributed by atoms with Crippen molar-refractivity contribution in [2.24, 2.45) is 0 Å². The predicted octanol–water partition coefficient (Wildman–Crippen LogP) is 2.35. The Morgan fingerprint density at radius 1 is 1.29 bits per heavy atom. The lowest BCUT2D eigenvalue weighted by Gasteiger charge is -2.38. The average Bonchev–Trinajstić information content (AvgIpc) is 2.78. The molecule has 2 fully saturated rings. The number of carbonyl (C=O) groups excluding carboxylic acids is 1. The Bertz CT molecular complexity index is 569. The number of aromatic nitrogens is 2. The van der Waals surface area contributed by atoms with E-state index in [-0.39, 0.29) is 5.41 Å². The molecule has 1 atom stereocenters. The Morgan fingerprint density at radius 2 is 2.05 bits per heavy atom. The Kier molecular flexibility index (Phi) is 3.67. The molecule has 1 aromatic heterocycles. The standard InChI is InChI=1S/C15H21BrN4O/c1-15(2,3)14-17-11(16)8-12(18-14)19-6-7-20-10(9-19)4-5-13(20)21/h8,10H,4-7,9H2,1-3H3. The van der Waals surface area contributed by atoms with Crippen LogP contribution in [0.1, 0.15) is 39.4 Å². The van der Waals surface area contributed by atoms with Gasteiger partial charge in [-0.05, 0) is 22.4 Å². The zero-order valence-electron chi connectivity index (χ0n) is 12.8. The summed E-state index contributed by atoms with van der Waals surface area (Å²) in [6, 6.07) is 2.32. The molecule has 0 spiro atoms. The summed E-state index contributed by atoms with van der Waals surface area (Å²) in [6.45, 7) is 8.87. The van der Waals surface area contributed by atoms with Gasteiger partial charge in [0.2, 0.25) is 5.91 Å². The number of nitrogens with zero attached hydrogens (tertiary/aromatic N) is 4. The molecule has 0 bridgehead atoms. The van der Waals surface area contributed by atoms with E-state index < -0.39 is 0 Å². The van der Waals surface area contributed by atoms with Gasteiger partial charge in [-0.15, -0.1) is 0 Å². The van der Waals surface area contributed by atoms with Crippen LogP contribution < -0.4 is 4.90 Å². The summed E-state index contributed by atoms with van der Waals surface area (Å²) in [5.41, 5.74) is -0.0797. The van der Waals surface area contributed by atoms with Crippen LogP contribution in [-0.4, -0.2) is 46.5 Å². The summed E-state index contributed by atoms with van der Waals surface area (Å²) in [6.07, 6.45) is 1.66. The molecule has 1 amide bonds. The van der Waals surface area contributed by atoms with Crippen molar-refractivity contribution in [3.05, 3.63) is 16.5 Å². The van der Waals surface area contributed by atoms with E-state index in [1.54, 1.807) is 0 Å². The highest BCUT2D eigenvalue weighted by molar-refractivity contribution is 9.10. The Morgan fingerprint density at radius 3 is 2.76 bits per heavy atom. The van der Waals surface area contributed by atoms with Crippen molar-refractivity contribution in [2.75, 3.05) is 24.5 Å². The van der Waals surface area contributed by atoms with Crippen LogP contribution in [-0.2, 0) is 10.2 Å². The molecule has 1 unspecified atom stereocenters. The summed E-state index contributed by atoms with van der Waals surface area (Å²) >= 11 is 3.50. The SMILES string of the molecule is CC(C)(C)c1nc(Br)cc(N2CCN3C(=O)CCC3C2)n1. The second kappa shape index (κ2) is 5.23. The maximum atomic E-state index is 11.8. The maximum absolute atomic E-state index is 11.8. The third kappa shape index (κ3) is 2.91. The van der Waals surface area contributed by atoms with E-state index in [0.29, 0.717) is 18.4 Å². The van der Waals surface area contributed by atoms with Gasteiger partial charge in [0.1, 0.15) is 16.2 Å². The topological polar surface area (TPSA) is 49.3 Å². The van der Waals surface area contributed by atoms with E-state index >= 15 is 0 Å². The third-order valence-corrected chi connectivity index (χ3v) is 4.58. The number of carbonyl (C=O) groups is 1. The number of anilines is 1. The Balaban J connectivity index is 1.84. The molecule has 21 heavy (non-hydrogen) atoms. The van der Waals surface area contributed by atoms with Crippen LogP contribution in [0.15, 0.2) is 10.7 Å². The minimum absolute atomic E-state index is 0.0797. The van der Waals surface area contributed by atoms with Crippen LogP contribution in [0.25, 0.3) is 0 Å². The van der Waals surface area contributed by atoms with Crippen molar-refractivity contribution in [1.29, 1.82) is 0 Å². The van der Waals surface area contributed by atoms with E-state index in [1.807, 2.05) is 11.0 Å². The summed E-state index contributed by atoms with van der Waals surface area (Å²) in [5.74, 6) is 2.11. The van der Waals surface area contributed by atoms with Gasteiger partial charge < -0.3 is 9.80 Å². The van der Waals surface area contributed by atoms with Gasteiger partial charge in [0.25, 0.3) is 0 Å². The highest BCUT2D eigenvalue weighted by Gasteiger charge is 2.36. The van der Waals surface area contributed by atoms with Crippen LogP contribution in [0, 0.1) is 0 Å². The molecule has 5 nitrogen and oxygen atoms in total. The molecule has 0 aliphatic carbocycles. The molecule has 1 aromatic rings. The first-order valence-electron chi connectivity index (χ1n) is 7.44. The Labute approximate surface area is 133 Å². The molecular formula is C15H21BrN4O. The zero-order chi connectivity index (χ0) is 15.2. The molecule has 114 valence electrons. The first-order valence-corrected chi connectivity index (χ1v) is 8.23. The van der Waals surface area contributed by atoms with Crippen molar-refractivity contribution in [1.82, 2.24) is 14.9 Å². The van der Waals surface area contributed by atoms with Crippen molar-refractivity contribution < 1.29 is 4.79 Å². The lowest BCUT2D eigenvalue weighted by atomic mass is 9.96. The fraction of sp³-hybridized carbons (Fsp3) is 0.667. The highest BCUT2D eigenvalue weighted by atomic mass is 79.9. The van der Waals surface area contributed by atoms with Gasteiger partial charge in [0.15, 0.2) is 0 Å². The lowest BCUT2D eigenvalue weighted by molar-refractivity contribution is -0.129. The molecule has 0 aromatic carbocycles. The van der Waals surface area contributed by atoms with Crippen molar-refractivity contribution in [2.45, 2.75) is 45.1 Å². The molecule has 3 rings (SSSR count). The number of amides is 1. The molecule has 2 saturated heterocycles. The third-order valence-electron chi connectivity index (χ3n) is 4.17. The van der Waals surface area contributed by atoms with E-state index in [2.05, 4.69) is 46.6 Å². The number of hydrogen-bond donors (Lipinski definition) is 0. The van der Waals surface area contributed by atoms with Crippen LogP contribution >= 0.6 is 15.9 Å². The summed E-state index contributed by atoms with van der Waals surface area (Å²) < 4.78 is 0.822. The van der Waals surface area contributed by atoms with Gasteiger partial charge in [0, 0.05) is 43.6 Å². The van der Waals surface area contributed by atoms with Crippen LogP contribution in [0.3, 0.4) is 0 Å². The van der Waals surface area contributed by atoms with E-state index in [9.17, 15) is 4.79 Å². The first kappa shape index (κ1) is 14.8. The fourth-order valence-electron chi connectivity index (χ4n) is 2.98. The smallest absolute Gasteiger partial charge is 0.223 e. The normalized spacial score (nSPS) is 22.7. The van der Waals surface area contributed by atoms with Gasteiger partial charge in [-0.2, -0.15) is 0 Å². The number of piperazine rings is 1. The average molecular weight is 353 g/mol. The largest absolute Gasteiger partial charge is 0.353 e. The quantitative estimate of drug-likeness (QED) is 0.728. The molecule has 2 aliphatic rings. The van der Waals surface area contributed by atoms with E-state index in [1.165, 1.54) is 0 Å².